The van der Waals surface area contributed by atoms with Crippen LogP contribution in [0.25, 0.3) is 0 Å². The van der Waals surface area contributed by atoms with Gasteiger partial charge < -0.3 is 0 Å². The van der Waals surface area contributed by atoms with Gasteiger partial charge in [-0.2, -0.15) is 12.6 Å². The lowest BCUT2D eigenvalue weighted by atomic mass is 10.1. The highest BCUT2D eigenvalue weighted by atomic mass is 79.9. The maximum absolute atomic E-state index is 11.6. The van der Waals surface area contributed by atoms with Gasteiger partial charge in [0.15, 0.2) is 0 Å². The monoisotopic (exact) mass is 290 g/mol. The highest BCUT2D eigenvalue weighted by Crippen LogP contribution is 2.09. The number of nitrogens with zero attached hydrogens (tertiary/aromatic N) is 2. The van der Waals surface area contributed by atoms with Crippen molar-refractivity contribution in [1.29, 1.82) is 0 Å². The summed E-state index contributed by atoms with van der Waals surface area (Å²) >= 11 is 7.36. The lowest BCUT2D eigenvalue weighted by molar-refractivity contribution is 0.462. The predicted molar refractivity (Wildman–Crippen MR) is 68.4 cm³/mol. The fraction of sp³-hybridized carbons (Fsp3) is 0.600. The Morgan fingerprint density at radius 3 is 3.00 bits per heavy atom. The number of hydrogen-bond donors (Lipinski definition) is 1. The van der Waals surface area contributed by atoms with Gasteiger partial charge >= 0.3 is 0 Å². The van der Waals surface area contributed by atoms with Crippen LogP contribution in [0.5, 0.6) is 0 Å². The van der Waals surface area contributed by atoms with Crippen LogP contribution in [0.4, 0.5) is 0 Å². The van der Waals surface area contributed by atoms with Gasteiger partial charge in [0.1, 0.15) is 4.47 Å². The minimum atomic E-state index is -0.0110. The van der Waals surface area contributed by atoms with Crippen molar-refractivity contribution in [3.8, 4) is 0 Å². The molecule has 1 aromatic rings. The molecule has 0 aliphatic heterocycles. The Labute approximate surface area is 103 Å². The van der Waals surface area contributed by atoms with Gasteiger partial charge in [-0.15, -0.1) is 0 Å². The van der Waals surface area contributed by atoms with Crippen molar-refractivity contribution in [2.45, 2.75) is 26.3 Å². The molecule has 1 heterocycles. The molecule has 0 saturated heterocycles. The molecule has 0 aromatic carbocycles. The van der Waals surface area contributed by atoms with E-state index in [1.165, 1.54) is 6.20 Å². The third-order valence-electron chi connectivity index (χ3n) is 2.34. The second kappa shape index (κ2) is 6.33. The van der Waals surface area contributed by atoms with Crippen molar-refractivity contribution in [2.24, 2.45) is 5.92 Å². The Kier molecular flexibility index (Phi) is 5.39. The second-order valence-electron chi connectivity index (χ2n) is 3.65. The molecule has 3 nitrogen and oxygen atoms in total. The summed E-state index contributed by atoms with van der Waals surface area (Å²) in [5.74, 6) is 1.49. The van der Waals surface area contributed by atoms with Crippen LogP contribution in [-0.2, 0) is 6.54 Å². The van der Waals surface area contributed by atoms with Crippen LogP contribution < -0.4 is 5.56 Å². The molecule has 5 heteroatoms. The summed E-state index contributed by atoms with van der Waals surface area (Å²) in [7, 11) is 0. The highest BCUT2D eigenvalue weighted by molar-refractivity contribution is 9.10. The molecule has 0 radical (unpaired) electrons. The van der Waals surface area contributed by atoms with Crippen LogP contribution in [-0.4, -0.2) is 15.3 Å². The van der Waals surface area contributed by atoms with Crippen LogP contribution in [0.3, 0.4) is 0 Å². The van der Waals surface area contributed by atoms with E-state index in [0.29, 0.717) is 10.4 Å². The number of halogens is 1. The highest BCUT2D eigenvalue weighted by Gasteiger charge is 2.04. The van der Waals surface area contributed by atoms with E-state index >= 15 is 0 Å². The summed E-state index contributed by atoms with van der Waals surface area (Å²) in [4.78, 5) is 15.6. The first-order valence-corrected chi connectivity index (χ1v) is 6.38. The first-order chi connectivity index (χ1) is 7.15. The zero-order valence-electron chi connectivity index (χ0n) is 8.69. The van der Waals surface area contributed by atoms with Gasteiger partial charge in [0.25, 0.3) is 5.56 Å². The summed E-state index contributed by atoms with van der Waals surface area (Å²) in [6.45, 7) is 2.90. The average molecular weight is 291 g/mol. The lowest BCUT2D eigenvalue weighted by Crippen LogP contribution is -2.21. The average Bonchev–Trinajstić information content (AvgIpc) is 2.21. The van der Waals surface area contributed by atoms with Gasteiger partial charge in [0, 0.05) is 12.7 Å². The van der Waals surface area contributed by atoms with Crippen LogP contribution >= 0.6 is 28.6 Å². The van der Waals surface area contributed by atoms with E-state index in [2.05, 4.69) is 40.5 Å². The Balaban J connectivity index is 2.58. The number of rotatable bonds is 5. The molecule has 1 atom stereocenters. The van der Waals surface area contributed by atoms with Crippen molar-refractivity contribution >= 4 is 28.6 Å². The van der Waals surface area contributed by atoms with Gasteiger partial charge in [-0.1, -0.05) is 6.92 Å². The van der Waals surface area contributed by atoms with Crippen LogP contribution in [0.1, 0.15) is 19.8 Å². The van der Waals surface area contributed by atoms with E-state index in [1.54, 1.807) is 10.9 Å². The summed E-state index contributed by atoms with van der Waals surface area (Å²) < 4.78 is 2.16. The van der Waals surface area contributed by atoms with Crippen LogP contribution in [0.15, 0.2) is 21.8 Å². The summed E-state index contributed by atoms with van der Waals surface area (Å²) in [6.07, 6.45) is 5.17. The maximum Gasteiger partial charge on any atom is 0.267 e. The first kappa shape index (κ1) is 12.8. The smallest absolute Gasteiger partial charge is 0.267 e. The second-order valence-corrected chi connectivity index (χ2v) is 4.95. The molecule has 1 rings (SSSR count). The van der Waals surface area contributed by atoms with Crippen LogP contribution in [0.2, 0.25) is 0 Å². The van der Waals surface area contributed by atoms with E-state index in [0.717, 1.165) is 25.1 Å². The SMILES string of the molecule is CC(CCS)CCn1cncc(Br)c1=O. The standard InChI is InChI=1S/C10H15BrN2OS/c1-8(3-5-15)2-4-13-7-12-6-9(11)10(13)14/h6-8,15H,2-5H2,1H3. The predicted octanol–water partition coefficient (Wildman–Crippen LogP) is 2.35. The number of hydrogen-bond acceptors (Lipinski definition) is 3. The topological polar surface area (TPSA) is 34.9 Å². The Hall–Kier alpha value is -0.290. The van der Waals surface area contributed by atoms with Crippen molar-refractivity contribution in [2.75, 3.05) is 5.75 Å². The van der Waals surface area contributed by atoms with E-state index in [9.17, 15) is 4.79 Å². The molecular formula is C10H15BrN2OS. The van der Waals surface area contributed by atoms with E-state index in [-0.39, 0.29) is 5.56 Å². The van der Waals surface area contributed by atoms with Crippen molar-refractivity contribution in [3.05, 3.63) is 27.4 Å². The molecule has 0 amide bonds. The van der Waals surface area contributed by atoms with E-state index in [1.807, 2.05) is 0 Å². The lowest BCUT2D eigenvalue weighted by Gasteiger charge is -2.10. The third kappa shape index (κ3) is 3.99. The molecule has 1 aromatic heterocycles. The largest absolute Gasteiger partial charge is 0.298 e. The molecule has 0 bridgehead atoms. The summed E-state index contributed by atoms with van der Waals surface area (Å²) in [5, 5.41) is 0. The van der Waals surface area contributed by atoms with Crippen LogP contribution in [0, 0.1) is 5.92 Å². The summed E-state index contributed by atoms with van der Waals surface area (Å²) in [6, 6.07) is 0. The van der Waals surface area contributed by atoms with Crippen molar-refractivity contribution in [1.82, 2.24) is 9.55 Å². The molecular weight excluding hydrogens is 276 g/mol. The van der Waals surface area contributed by atoms with Crippen molar-refractivity contribution in [3.63, 3.8) is 0 Å². The fourth-order valence-electron chi connectivity index (χ4n) is 1.31. The quantitative estimate of drug-likeness (QED) is 0.845. The molecule has 0 N–H and O–H groups in total. The minimum absolute atomic E-state index is 0.0110. The fourth-order valence-corrected chi connectivity index (χ4v) is 2.09. The molecule has 15 heavy (non-hydrogen) atoms. The normalized spacial score (nSPS) is 12.7. The zero-order chi connectivity index (χ0) is 11.3. The van der Waals surface area contributed by atoms with Gasteiger partial charge in [-0.3, -0.25) is 9.36 Å². The molecule has 0 spiro atoms. The maximum atomic E-state index is 11.6. The Morgan fingerprint density at radius 1 is 1.60 bits per heavy atom. The molecule has 0 aliphatic carbocycles. The number of aromatic nitrogens is 2. The molecule has 1 unspecified atom stereocenters. The molecule has 0 saturated carbocycles. The Morgan fingerprint density at radius 2 is 2.33 bits per heavy atom. The number of aryl methyl sites for hydroxylation is 1. The molecule has 84 valence electrons. The van der Waals surface area contributed by atoms with E-state index < -0.39 is 0 Å². The minimum Gasteiger partial charge on any atom is -0.298 e. The zero-order valence-corrected chi connectivity index (χ0v) is 11.2. The number of thiol groups is 1. The van der Waals surface area contributed by atoms with Gasteiger partial charge in [-0.25, -0.2) is 4.98 Å². The summed E-state index contributed by atoms with van der Waals surface area (Å²) in [5.41, 5.74) is -0.0110. The van der Waals surface area contributed by atoms with Gasteiger partial charge in [-0.05, 0) is 40.4 Å². The third-order valence-corrected chi connectivity index (χ3v) is 3.15. The molecule has 0 fully saturated rings. The van der Waals surface area contributed by atoms with Gasteiger partial charge in [0.05, 0.1) is 6.33 Å². The van der Waals surface area contributed by atoms with Crippen molar-refractivity contribution < 1.29 is 0 Å². The van der Waals surface area contributed by atoms with E-state index in [4.69, 9.17) is 0 Å². The van der Waals surface area contributed by atoms with Gasteiger partial charge in [0.2, 0.25) is 0 Å². The Bertz CT molecular complexity index is 367. The first-order valence-electron chi connectivity index (χ1n) is 4.96. The molecule has 0 aliphatic rings.